The van der Waals surface area contributed by atoms with Gasteiger partial charge in [0.25, 0.3) is 5.91 Å². The number of nitrogens with one attached hydrogen (secondary N) is 1. The third-order valence-corrected chi connectivity index (χ3v) is 4.63. The van der Waals surface area contributed by atoms with E-state index in [2.05, 4.69) is 10.5 Å². The Kier molecular flexibility index (Phi) is 4.78. The smallest absolute Gasteiger partial charge is 0.372 e. The highest BCUT2D eigenvalue weighted by atomic mass is 16.5. The first kappa shape index (κ1) is 18.7. The Hall–Kier alpha value is -3.09. The fourth-order valence-electron chi connectivity index (χ4n) is 3.42. The molecule has 1 amide bonds. The molecule has 142 valence electrons. The van der Waals surface area contributed by atoms with Gasteiger partial charge in [-0.15, -0.1) is 0 Å². The predicted octanol–water partition coefficient (Wildman–Crippen LogP) is 3.40. The molecule has 0 atom stereocenters. The zero-order valence-electron chi connectivity index (χ0n) is 15.8. The molecule has 2 aromatic rings. The molecular weight excluding hydrogens is 348 g/mol. The van der Waals surface area contributed by atoms with E-state index in [0.29, 0.717) is 46.8 Å². The second kappa shape index (κ2) is 6.90. The summed E-state index contributed by atoms with van der Waals surface area (Å²) in [5.41, 5.74) is 4.58. The fourth-order valence-corrected chi connectivity index (χ4v) is 3.42. The summed E-state index contributed by atoms with van der Waals surface area (Å²) in [5, 5.41) is 13.7. The van der Waals surface area contributed by atoms with Crippen LogP contribution in [-0.2, 0) is 6.42 Å². The Balaban J connectivity index is 1.97. The Bertz CT molecular complexity index is 940. The van der Waals surface area contributed by atoms with E-state index in [1.807, 2.05) is 13.8 Å². The summed E-state index contributed by atoms with van der Waals surface area (Å²) in [7, 11) is 1.50. The van der Waals surface area contributed by atoms with Crippen LogP contribution in [0, 0.1) is 12.3 Å². The summed E-state index contributed by atoms with van der Waals surface area (Å²) in [6.45, 7) is 5.79. The van der Waals surface area contributed by atoms with E-state index in [0.717, 1.165) is 0 Å². The van der Waals surface area contributed by atoms with Crippen molar-refractivity contribution in [2.45, 2.75) is 33.6 Å². The zero-order valence-corrected chi connectivity index (χ0v) is 15.8. The number of hydrogen-bond donors (Lipinski definition) is 2. The van der Waals surface area contributed by atoms with Gasteiger partial charge in [0, 0.05) is 17.5 Å². The monoisotopic (exact) mass is 370 g/mol. The number of ether oxygens (including phenoxy) is 1. The first-order valence-corrected chi connectivity index (χ1v) is 8.59. The number of amides is 1. The van der Waals surface area contributed by atoms with E-state index in [1.54, 1.807) is 31.2 Å². The van der Waals surface area contributed by atoms with E-state index in [-0.39, 0.29) is 11.2 Å². The summed E-state index contributed by atoms with van der Waals surface area (Å²) in [5.74, 6) is -0.554. The minimum Gasteiger partial charge on any atom is -0.496 e. The summed E-state index contributed by atoms with van der Waals surface area (Å²) >= 11 is 0. The van der Waals surface area contributed by atoms with Gasteiger partial charge in [0.05, 0.1) is 18.4 Å². The molecular formula is C20H22N2O5. The summed E-state index contributed by atoms with van der Waals surface area (Å²) in [4.78, 5) is 23.9. The van der Waals surface area contributed by atoms with Crippen LogP contribution in [0.3, 0.4) is 0 Å². The number of carbonyl (C=O) groups is 2. The number of carboxylic acids is 1. The topological polar surface area (TPSA) is 101 Å². The van der Waals surface area contributed by atoms with E-state index in [4.69, 9.17) is 9.15 Å². The molecule has 1 heterocycles. The summed E-state index contributed by atoms with van der Waals surface area (Å²) < 4.78 is 10.8. The molecule has 1 aromatic carbocycles. The zero-order chi connectivity index (χ0) is 19.8. The summed E-state index contributed by atoms with van der Waals surface area (Å²) in [6.07, 6.45) is 1.20. The van der Waals surface area contributed by atoms with Crippen LogP contribution in [0.1, 0.15) is 58.1 Å². The molecule has 0 saturated heterocycles. The van der Waals surface area contributed by atoms with Crippen LogP contribution in [0.15, 0.2) is 33.8 Å². The molecule has 0 bridgehead atoms. The van der Waals surface area contributed by atoms with Crippen LogP contribution >= 0.6 is 0 Å². The lowest BCUT2D eigenvalue weighted by atomic mass is 9.75. The number of aromatic carboxylic acids is 1. The van der Waals surface area contributed by atoms with Crippen LogP contribution in [-0.4, -0.2) is 29.8 Å². The number of para-hydroxylation sites is 1. The Morgan fingerprint density at radius 1 is 1.26 bits per heavy atom. The van der Waals surface area contributed by atoms with Crippen LogP contribution in [0.25, 0.3) is 0 Å². The highest BCUT2D eigenvalue weighted by molar-refractivity contribution is 6.07. The maximum Gasteiger partial charge on any atom is 0.372 e. The minimum absolute atomic E-state index is 0.0820. The lowest BCUT2D eigenvalue weighted by Crippen LogP contribution is -2.29. The largest absolute Gasteiger partial charge is 0.496 e. The van der Waals surface area contributed by atoms with Gasteiger partial charge in [0.15, 0.2) is 0 Å². The number of fused-ring (bicyclic) bond motifs is 1. The van der Waals surface area contributed by atoms with Crippen molar-refractivity contribution in [3.05, 3.63) is 52.5 Å². The highest BCUT2D eigenvalue weighted by Crippen LogP contribution is 2.38. The van der Waals surface area contributed by atoms with E-state index < -0.39 is 11.9 Å². The van der Waals surface area contributed by atoms with Gasteiger partial charge in [0.1, 0.15) is 11.5 Å². The van der Waals surface area contributed by atoms with Gasteiger partial charge in [-0.25, -0.2) is 10.2 Å². The fraction of sp³-hybridized carbons (Fsp3) is 0.350. The van der Waals surface area contributed by atoms with Crippen LogP contribution in [0.2, 0.25) is 0 Å². The lowest BCUT2D eigenvalue weighted by molar-refractivity contribution is 0.0657. The molecule has 7 heteroatoms. The third-order valence-electron chi connectivity index (χ3n) is 4.63. The number of carbonyl (C=O) groups excluding carboxylic acids is 1. The highest BCUT2D eigenvalue weighted by Gasteiger charge is 2.36. The number of hydrogen-bond acceptors (Lipinski definition) is 5. The van der Waals surface area contributed by atoms with Crippen LogP contribution < -0.4 is 10.2 Å². The van der Waals surface area contributed by atoms with Gasteiger partial charge in [0.2, 0.25) is 5.76 Å². The molecule has 0 spiro atoms. The number of hydrazone groups is 1. The van der Waals surface area contributed by atoms with Gasteiger partial charge < -0.3 is 14.3 Å². The molecule has 2 N–H and O–H groups in total. The average molecular weight is 370 g/mol. The van der Waals surface area contributed by atoms with Crippen molar-refractivity contribution in [3.8, 4) is 5.75 Å². The number of carboxylic acid groups (broad SMARTS) is 1. The lowest BCUT2D eigenvalue weighted by Gasteiger charge is -2.29. The quantitative estimate of drug-likeness (QED) is 0.803. The molecule has 1 aromatic heterocycles. The summed E-state index contributed by atoms with van der Waals surface area (Å²) in [6, 6.07) is 6.87. The number of methoxy groups -OCH3 is 1. The van der Waals surface area contributed by atoms with Crippen LogP contribution in [0.4, 0.5) is 0 Å². The molecule has 0 fully saturated rings. The third kappa shape index (κ3) is 3.58. The Morgan fingerprint density at radius 3 is 2.63 bits per heavy atom. The van der Waals surface area contributed by atoms with Crippen molar-refractivity contribution in [1.82, 2.24) is 5.43 Å². The first-order valence-electron chi connectivity index (χ1n) is 8.59. The van der Waals surface area contributed by atoms with Crippen molar-refractivity contribution in [1.29, 1.82) is 0 Å². The number of nitrogens with zero attached hydrogens (tertiary/aromatic N) is 1. The van der Waals surface area contributed by atoms with Gasteiger partial charge in [-0.2, -0.15) is 5.10 Å². The molecule has 0 aliphatic heterocycles. The number of rotatable bonds is 4. The minimum atomic E-state index is -1.11. The van der Waals surface area contributed by atoms with E-state index >= 15 is 0 Å². The van der Waals surface area contributed by atoms with E-state index in [9.17, 15) is 14.7 Å². The van der Waals surface area contributed by atoms with Gasteiger partial charge in [-0.05, 0) is 30.9 Å². The molecule has 0 saturated carbocycles. The van der Waals surface area contributed by atoms with E-state index in [1.165, 1.54) is 7.11 Å². The maximum absolute atomic E-state index is 12.5. The van der Waals surface area contributed by atoms with Crippen LogP contribution in [0.5, 0.6) is 5.75 Å². The number of furan rings is 1. The maximum atomic E-state index is 12.5. The molecule has 3 rings (SSSR count). The standard InChI is InChI=1S/C20H22N2O5/c1-11-16-13(9-20(2,3)10-15(16)27-17(11)19(24)25)21-22-18(23)12-7-5-6-8-14(12)26-4/h5-8H,9-10H2,1-4H3,(H,22,23)(H,24,25)/b21-13+. The SMILES string of the molecule is COc1ccccc1C(=O)N/N=C1\CC(C)(C)Cc2oc(C(=O)O)c(C)c21. The molecule has 1 aliphatic carbocycles. The molecule has 1 aliphatic rings. The predicted molar refractivity (Wildman–Crippen MR) is 99.5 cm³/mol. The van der Waals surface area contributed by atoms with Crippen molar-refractivity contribution in [2.75, 3.05) is 7.11 Å². The Labute approximate surface area is 157 Å². The van der Waals surface area contributed by atoms with Crippen molar-refractivity contribution in [3.63, 3.8) is 0 Å². The molecule has 0 unspecified atom stereocenters. The van der Waals surface area contributed by atoms with Gasteiger partial charge in [-0.1, -0.05) is 26.0 Å². The molecule has 0 radical (unpaired) electrons. The second-order valence-electron chi connectivity index (χ2n) is 7.38. The second-order valence-corrected chi connectivity index (χ2v) is 7.38. The first-order chi connectivity index (χ1) is 12.7. The number of benzene rings is 1. The van der Waals surface area contributed by atoms with Gasteiger partial charge in [-0.3, -0.25) is 4.79 Å². The van der Waals surface area contributed by atoms with Crippen molar-refractivity contribution < 1.29 is 23.8 Å². The average Bonchev–Trinajstić information content (AvgIpc) is 2.94. The van der Waals surface area contributed by atoms with Crippen molar-refractivity contribution >= 4 is 17.6 Å². The molecule has 7 nitrogen and oxygen atoms in total. The molecule has 27 heavy (non-hydrogen) atoms. The van der Waals surface area contributed by atoms with Gasteiger partial charge >= 0.3 is 5.97 Å². The normalized spacial score (nSPS) is 16.7. The van der Waals surface area contributed by atoms with Crippen molar-refractivity contribution in [2.24, 2.45) is 10.5 Å². The Morgan fingerprint density at radius 2 is 1.96 bits per heavy atom.